The average Bonchev–Trinajstić information content (AvgIpc) is 2.79. The standard InChI is InChI=1S/C14H17N3O3S/c1-9-4-5-11(17(19)20)6-13(9)10(2)21-14-15-7-12(8-18)16(14)3/h4-7,10,18H,8H2,1-3H3/t10-/m1/s1. The molecule has 0 saturated heterocycles. The number of hydrogen-bond donors (Lipinski definition) is 1. The lowest BCUT2D eigenvalue weighted by Gasteiger charge is -2.14. The van der Waals surface area contributed by atoms with Crippen LogP contribution in [-0.2, 0) is 13.7 Å². The summed E-state index contributed by atoms with van der Waals surface area (Å²) >= 11 is 1.51. The van der Waals surface area contributed by atoms with Gasteiger partial charge in [0.15, 0.2) is 5.16 Å². The van der Waals surface area contributed by atoms with Crippen molar-refractivity contribution >= 4 is 17.4 Å². The molecule has 7 heteroatoms. The predicted octanol–water partition coefficient (Wildman–Crippen LogP) is 2.98. The fourth-order valence-corrected chi connectivity index (χ4v) is 3.17. The summed E-state index contributed by atoms with van der Waals surface area (Å²) in [6, 6.07) is 4.89. The first-order chi connectivity index (χ1) is 9.93. The normalized spacial score (nSPS) is 12.4. The van der Waals surface area contributed by atoms with Crippen LogP contribution in [-0.4, -0.2) is 19.6 Å². The van der Waals surface area contributed by atoms with Crippen LogP contribution in [0.4, 0.5) is 5.69 Å². The van der Waals surface area contributed by atoms with Crippen LogP contribution < -0.4 is 0 Å². The molecule has 0 fully saturated rings. The van der Waals surface area contributed by atoms with Crippen LogP contribution in [0.3, 0.4) is 0 Å². The van der Waals surface area contributed by atoms with Crippen LogP contribution >= 0.6 is 11.8 Å². The van der Waals surface area contributed by atoms with Gasteiger partial charge in [0, 0.05) is 24.4 Å². The number of aromatic nitrogens is 2. The highest BCUT2D eigenvalue weighted by Gasteiger charge is 2.17. The average molecular weight is 307 g/mol. The Bertz CT molecular complexity index is 669. The maximum Gasteiger partial charge on any atom is 0.269 e. The summed E-state index contributed by atoms with van der Waals surface area (Å²) in [5, 5.41) is 20.9. The molecule has 112 valence electrons. The highest BCUT2D eigenvalue weighted by molar-refractivity contribution is 7.99. The number of nitro benzene ring substituents is 1. The molecule has 1 aromatic heterocycles. The molecule has 0 radical (unpaired) electrons. The molecule has 1 atom stereocenters. The highest BCUT2D eigenvalue weighted by atomic mass is 32.2. The lowest BCUT2D eigenvalue weighted by atomic mass is 10.1. The van der Waals surface area contributed by atoms with Gasteiger partial charge in [0.1, 0.15) is 0 Å². The van der Waals surface area contributed by atoms with E-state index in [1.54, 1.807) is 18.3 Å². The molecule has 6 nitrogen and oxygen atoms in total. The summed E-state index contributed by atoms with van der Waals surface area (Å²) in [6.45, 7) is 3.87. The topological polar surface area (TPSA) is 81.2 Å². The van der Waals surface area contributed by atoms with Crippen molar-refractivity contribution in [2.75, 3.05) is 0 Å². The van der Waals surface area contributed by atoms with Crippen molar-refractivity contribution in [2.24, 2.45) is 7.05 Å². The van der Waals surface area contributed by atoms with Gasteiger partial charge in [0.25, 0.3) is 5.69 Å². The number of imidazole rings is 1. The highest BCUT2D eigenvalue weighted by Crippen LogP contribution is 2.36. The first-order valence-electron chi connectivity index (χ1n) is 6.47. The molecule has 0 aliphatic carbocycles. The Kier molecular flexibility index (Phi) is 4.64. The lowest BCUT2D eigenvalue weighted by Crippen LogP contribution is -2.00. The van der Waals surface area contributed by atoms with Crippen LogP contribution in [0.5, 0.6) is 0 Å². The van der Waals surface area contributed by atoms with E-state index in [2.05, 4.69) is 4.98 Å². The van der Waals surface area contributed by atoms with Gasteiger partial charge in [-0.1, -0.05) is 17.8 Å². The second kappa shape index (κ2) is 6.28. The minimum atomic E-state index is -0.384. The van der Waals surface area contributed by atoms with Crippen LogP contribution in [0.25, 0.3) is 0 Å². The molecule has 21 heavy (non-hydrogen) atoms. The van der Waals surface area contributed by atoms with Gasteiger partial charge in [-0.25, -0.2) is 4.98 Å². The van der Waals surface area contributed by atoms with Gasteiger partial charge in [-0.3, -0.25) is 10.1 Å². The summed E-state index contributed by atoms with van der Waals surface area (Å²) in [5.41, 5.74) is 2.76. The van der Waals surface area contributed by atoms with E-state index in [4.69, 9.17) is 0 Å². The molecule has 0 bridgehead atoms. The number of thioether (sulfide) groups is 1. The Morgan fingerprint density at radius 2 is 2.24 bits per heavy atom. The monoisotopic (exact) mass is 307 g/mol. The smallest absolute Gasteiger partial charge is 0.269 e. The number of aryl methyl sites for hydroxylation is 1. The van der Waals surface area contributed by atoms with E-state index in [-0.39, 0.29) is 22.5 Å². The van der Waals surface area contributed by atoms with Crippen molar-refractivity contribution in [3.8, 4) is 0 Å². The number of nitro groups is 1. The van der Waals surface area contributed by atoms with Crippen molar-refractivity contribution in [1.82, 2.24) is 9.55 Å². The molecular weight excluding hydrogens is 290 g/mol. The summed E-state index contributed by atoms with van der Waals surface area (Å²) in [7, 11) is 1.84. The molecule has 0 amide bonds. The van der Waals surface area contributed by atoms with E-state index in [9.17, 15) is 15.2 Å². The maximum atomic E-state index is 10.9. The van der Waals surface area contributed by atoms with E-state index >= 15 is 0 Å². The number of rotatable bonds is 5. The molecular formula is C14H17N3O3S. The van der Waals surface area contributed by atoms with E-state index in [1.165, 1.54) is 17.8 Å². The number of nitrogens with zero attached hydrogens (tertiary/aromatic N) is 3. The number of aliphatic hydroxyl groups excluding tert-OH is 1. The molecule has 2 rings (SSSR count). The zero-order chi connectivity index (χ0) is 15.6. The van der Waals surface area contributed by atoms with Gasteiger partial charge < -0.3 is 9.67 Å². The molecule has 0 aliphatic rings. The zero-order valence-electron chi connectivity index (χ0n) is 12.1. The van der Waals surface area contributed by atoms with Gasteiger partial charge in [0.05, 0.1) is 23.4 Å². The quantitative estimate of drug-likeness (QED) is 0.522. The lowest BCUT2D eigenvalue weighted by molar-refractivity contribution is -0.384. The molecule has 0 spiro atoms. The molecule has 0 saturated carbocycles. The number of hydrogen-bond acceptors (Lipinski definition) is 5. The Balaban J connectivity index is 2.27. The minimum absolute atomic E-state index is 0.0255. The largest absolute Gasteiger partial charge is 0.390 e. The van der Waals surface area contributed by atoms with Gasteiger partial charge in [0.2, 0.25) is 0 Å². The van der Waals surface area contributed by atoms with Gasteiger partial charge >= 0.3 is 0 Å². The Hall–Kier alpha value is -1.86. The Morgan fingerprint density at radius 3 is 2.81 bits per heavy atom. The van der Waals surface area contributed by atoms with Crippen LogP contribution in [0.15, 0.2) is 29.6 Å². The number of non-ortho nitro benzene ring substituents is 1. The first-order valence-corrected chi connectivity index (χ1v) is 7.35. The van der Waals surface area contributed by atoms with Crippen LogP contribution in [0, 0.1) is 17.0 Å². The summed E-state index contributed by atoms with van der Waals surface area (Å²) in [6.07, 6.45) is 1.63. The Labute approximate surface area is 127 Å². The predicted molar refractivity (Wildman–Crippen MR) is 81.2 cm³/mol. The third kappa shape index (κ3) is 3.25. The van der Waals surface area contributed by atoms with Crippen molar-refractivity contribution in [2.45, 2.75) is 30.9 Å². The minimum Gasteiger partial charge on any atom is -0.390 e. The summed E-state index contributed by atoms with van der Waals surface area (Å²) < 4.78 is 1.83. The van der Waals surface area contributed by atoms with Crippen LogP contribution in [0.2, 0.25) is 0 Å². The molecule has 1 heterocycles. The van der Waals surface area contributed by atoms with Crippen molar-refractivity contribution in [1.29, 1.82) is 0 Å². The summed E-state index contributed by atoms with van der Waals surface area (Å²) in [5.74, 6) is 0. The fraction of sp³-hybridized carbons (Fsp3) is 0.357. The maximum absolute atomic E-state index is 10.9. The van der Waals surface area contributed by atoms with Gasteiger partial charge in [-0.05, 0) is 25.0 Å². The number of aliphatic hydroxyl groups is 1. The number of benzene rings is 1. The zero-order valence-corrected chi connectivity index (χ0v) is 12.9. The van der Waals surface area contributed by atoms with E-state index in [0.717, 1.165) is 22.0 Å². The van der Waals surface area contributed by atoms with Crippen molar-refractivity contribution in [3.05, 3.63) is 51.3 Å². The van der Waals surface area contributed by atoms with Crippen LogP contribution in [0.1, 0.15) is 29.0 Å². The third-order valence-corrected chi connectivity index (χ3v) is 4.60. The first kappa shape index (κ1) is 15.5. The van der Waals surface area contributed by atoms with Gasteiger partial charge in [-0.15, -0.1) is 0 Å². The second-order valence-electron chi connectivity index (χ2n) is 4.81. The molecule has 0 unspecified atom stereocenters. The van der Waals surface area contributed by atoms with Gasteiger partial charge in [-0.2, -0.15) is 0 Å². The molecule has 2 aromatic rings. The fourth-order valence-electron chi connectivity index (χ4n) is 2.08. The van der Waals surface area contributed by atoms with E-state index < -0.39 is 0 Å². The Morgan fingerprint density at radius 1 is 1.52 bits per heavy atom. The summed E-state index contributed by atoms with van der Waals surface area (Å²) in [4.78, 5) is 14.8. The second-order valence-corrected chi connectivity index (χ2v) is 6.12. The third-order valence-electron chi connectivity index (χ3n) is 3.40. The van der Waals surface area contributed by atoms with E-state index in [1.807, 2.05) is 25.5 Å². The van der Waals surface area contributed by atoms with E-state index in [0.29, 0.717) is 0 Å². The molecule has 1 aromatic carbocycles. The van der Waals surface area contributed by atoms with Crippen molar-refractivity contribution in [3.63, 3.8) is 0 Å². The molecule has 1 N–H and O–H groups in total. The molecule has 0 aliphatic heterocycles. The SMILES string of the molecule is Cc1ccc([N+](=O)[O-])cc1[C@@H](C)Sc1ncc(CO)n1C. The van der Waals surface area contributed by atoms with Crippen molar-refractivity contribution < 1.29 is 10.0 Å².